The fourth-order valence-electron chi connectivity index (χ4n) is 4.37. The summed E-state index contributed by atoms with van der Waals surface area (Å²) in [6.07, 6.45) is -4.39. The fourth-order valence-corrected chi connectivity index (χ4v) is 4.76. The lowest BCUT2D eigenvalue weighted by atomic mass is 10.0. The van der Waals surface area contributed by atoms with Crippen molar-refractivity contribution in [1.29, 1.82) is 0 Å². The van der Waals surface area contributed by atoms with E-state index >= 15 is 0 Å². The van der Waals surface area contributed by atoms with Gasteiger partial charge in [-0.2, -0.15) is 13.2 Å². The lowest BCUT2D eigenvalue weighted by Crippen LogP contribution is -2.48. The third kappa shape index (κ3) is 4.89. The van der Waals surface area contributed by atoms with E-state index in [1.54, 1.807) is 11.0 Å². The number of alkyl halides is 3. The van der Waals surface area contributed by atoms with Crippen molar-refractivity contribution in [2.45, 2.75) is 6.18 Å². The zero-order valence-electron chi connectivity index (χ0n) is 18.6. The van der Waals surface area contributed by atoms with E-state index in [1.807, 2.05) is 59.5 Å². The van der Waals surface area contributed by atoms with E-state index in [1.165, 1.54) is 6.07 Å². The van der Waals surface area contributed by atoms with Gasteiger partial charge in [0.05, 0.1) is 22.3 Å². The summed E-state index contributed by atoms with van der Waals surface area (Å²) >= 11 is 3.49. The maximum absolute atomic E-state index is 13.6. The highest BCUT2D eigenvalue weighted by atomic mass is 79.9. The highest BCUT2D eigenvalue weighted by Crippen LogP contribution is 2.32. The molecule has 0 N–H and O–H groups in total. The fraction of sp³-hybridized carbons (Fsp3) is 0.185. The highest BCUT2D eigenvalue weighted by Gasteiger charge is 2.31. The first kappa shape index (κ1) is 23.4. The lowest BCUT2D eigenvalue weighted by molar-refractivity contribution is -0.137. The molecule has 2 heterocycles. The number of nitrogens with zero attached hydrogens (tertiary/aromatic N) is 3. The van der Waals surface area contributed by atoms with Crippen LogP contribution in [0.4, 0.5) is 18.9 Å². The summed E-state index contributed by atoms with van der Waals surface area (Å²) in [5, 5.41) is 0.775. The predicted octanol–water partition coefficient (Wildman–Crippen LogP) is 6.65. The Bertz CT molecular complexity index is 1400. The van der Waals surface area contributed by atoms with Crippen molar-refractivity contribution in [2.24, 2.45) is 0 Å². The molecule has 0 aliphatic carbocycles. The number of piperazine rings is 1. The molecule has 35 heavy (non-hydrogen) atoms. The van der Waals surface area contributed by atoms with Gasteiger partial charge >= 0.3 is 6.18 Å². The molecule has 1 saturated heterocycles. The molecule has 3 aromatic carbocycles. The third-order valence-electron chi connectivity index (χ3n) is 6.17. The standard InChI is InChI=1S/C27H21BrF3N3O/c28-20-7-3-5-18(15-20)25-17-23(22-9-1-2-10-24(22)32-25)26(35)34-13-11-33(12-14-34)21-8-4-6-19(16-21)27(29,30)31/h1-10,15-17H,11-14H2. The van der Waals surface area contributed by atoms with Crippen LogP contribution in [0.2, 0.25) is 0 Å². The van der Waals surface area contributed by atoms with Crippen molar-refractivity contribution >= 4 is 38.4 Å². The zero-order valence-corrected chi connectivity index (χ0v) is 20.2. The minimum atomic E-state index is -4.39. The Labute approximate surface area is 209 Å². The van der Waals surface area contributed by atoms with E-state index in [9.17, 15) is 18.0 Å². The van der Waals surface area contributed by atoms with Gasteiger partial charge in [-0.15, -0.1) is 0 Å². The summed E-state index contributed by atoms with van der Waals surface area (Å²) in [4.78, 5) is 22.0. The second-order valence-corrected chi connectivity index (χ2v) is 9.33. The molecule has 1 aliphatic heterocycles. The summed E-state index contributed by atoms with van der Waals surface area (Å²) < 4.78 is 40.3. The van der Waals surface area contributed by atoms with E-state index in [-0.39, 0.29) is 5.91 Å². The molecular formula is C27H21BrF3N3O. The van der Waals surface area contributed by atoms with Crippen LogP contribution >= 0.6 is 15.9 Å². The van der Waals surface area contributed by atoms with Crippen LogP contribution < -0.4 is 4.90 Å². The number of anilines is 1. The number of fused-ring (bicyclic) bond motifs is 1. The number of hydrogen-bond donors (Lipinski definition) is 0. The Morgan fingerprint density at radius 3 is 2.34 bits per heavy atom. The van der Waals surface area contributed by atoms with Gasteiger partial charge in [-0.05, 0) is 42.5 Å². The second-order valence-electron chi connectivity index (χ2n) is 8.41. The summed E-state index contributed by atoms with van der Waals surface area (Å²) in [6.45, 7) is 1.74. The lowest BCUT2D eigenvalue weighted by Gasteiger charge is -2.36. The Hall–Kier alpha value is -3.39. The van der Waals surface area contributed by atoms with Gasteiger partial charge in [-0.25, -0.2) is 4.98 Å². The van der Waals surface area contributed by atoms with Crippen LogP contribution in [-0.4, -0.2) is 42.0 Å². The number of aromatic nitrogens is 1. The van der Waals surface area contributed by atoms with Crippen molar-refractivity contribution in [2.75, 3.05) is 31.1 Å². The molecule has 0 saturated carbocycles. The third-order valence-corrected chi connectivity index (χ3v) is 6.67. The normalized spacial score (nSPS) is 14.4. The van der Waals surface area contributed by atoms with Gasteiger partial charge in [0.25, 0.3) is 5.91 Å². The molecule has 0 atom stereocenters. The van der Waals surface area contributed by atoms with Gasteiger partial charge in [0.2, 0.25) is 0 Å². The van der Waals surface area contributed by atoms with Crippen molar-refractivity contribution in [1.82, 2.24) is 9.88 Å². The SMILES string of the molecule is O=C(c1cc(-c2cccc(Br)c2)nc2ccccc12)N1CCN(c2cccc(C(F)(F)F)c2)CC1. The first-order valence-electron chi connectivity index (χ1n) is 11.2. The van der Waals surface area contributed by atoms with Crippen LogP contribution in [0.3, 0.4) is 0 Å². The molecule has 8 heteroatoms. The van der Waals surface area contributed by atoms with Gasteiger partial charge in [-0.3, -0.25) is 4.79 Å². The van der Waals surface area contributed by atoms with Crippen LogP contribution in [0.15, 0.2) is 83.3 Å². The summed E-state index contributed by atoms with van der Waals surface area (Å²) in [5.41, 5.74) is 2.74. The van der Waals surface area contributed by atoms with Crippen LogP contribution in [0.5, 0.6) is 0 Å². The summed E-state index contributed by atoms with van der Waals surface area (Å²) in [7, 11) is 0. The van der Waals surface area contributed by atoms with Crippen molar-refractivity contribution < 1.29 is 18.0 Å². The number of pyridine rings is 1. The van der Waals surface area contributed by atoms with E-state index in [2.05, 4.69) is 15.9 Å². The summed E-state index contributed by atoms with van der Waals surface area (Å²) in [6, 6.07) is 22.5. The first-order valence-corrected chi connectivity index (χ1v) is 12.0. The van der Waals surface area contributed by atoms with Crippen LogP contribution in [0.25, 0.3) is 22.2 Å². The minimum Gasteiger partial charge on any atom is -0.368 e. The molecular weight excluding hydrogens is 519 g/mol. The molecule has 4 aromatic rings. The molecule has 0 unspecified atom stereocenters. The van der Waals surface area contributed by atoms with Crippen LogP contribution in [0, 0.1) is 0 Å². The van der Waals surface area contributed by atoms with Gasteiger partial charge < -0.3 is 9.80 Å². The molecule has 1 aliphatic rings. The number of rotatable bonds is 3. The largest absolute Gasteiger partial charge is 0.416 e. The number of carbonyl (C=O) groups is 1. The number of halogens is 4. The van der Waals surface area contributed by atoms with E-state index in [0.29, 0.717) is 43.1 Å². The molecule has 4 nitrogen and oxygen atoms in total. The molecule has 0 spiro atoms. The molecule has 1 aromatic heterocycles. The molecule has 178 valence electrons. The number of amides is 1. The average Bonchev–Trinajstić information content (AvgIpc) is 2.87. The van der Waals surface area contributed by atoms with Crippen molar-refractivity contribution in [3.63, 3.8) is 0 Å². The van der Waals surface area contributed by atoms with Gasteiger partial charge in [0.15, 0.2) is 0 Å². The van der Waals surface area contributed by atoms with Crippen molar-refractivity contribution in [3.05, 3.63) is 94.5 Å². The van der Waals surface area contributed by atoms with E-state index in [4.69, 9.17) is 4.98 Å². The quantitative estimate of drug-likeness (QED) is 0.292. The van der Waals surface area contributed by atoms with Gasteiger partial charge in [0, 0.05) is 47.3 Å². The molecule has 0 bridgehead atoms. The predicted molar refractivity (Wildman–Crippen MR) is 134 cm³/mol. The Kier molecular flexibility index (Phi) is 6.23. The minimum absolute atomic E-state index is 0.108. The second kappa shape index (κ2) is 9.34. The number of carbonyl (C=O) groups excluding carboxylic acids is 1. The molecule has 5 rings (SSSR count). The van der Waals surface area contributed by atoms with Crippen LogP contribution in [-0.2, 0) is 6.18 Å². The maximum atomic E-state index is 13.6. The van der Waals surface area contributed by atoms with E-state index in [0.717, 1.165) is 33.1 Å². The first-order chi connectivity index (χ1) is 16.8. The zero-order chi connectivity index (χ0) is 24.6. The average molecular weight is 540 g/mol. The van der Waals surface area contributed by atoms with Gasteiger partial charge in [-0.1, -0.05) is 52.3 Å². The molecule has 1 amide bonds. The van der Waals surface area contributed by atoms with Crippen LogP contribution in [0.1, 0.15) is 15.9 Å². The topological polar surface area (TPSA) is 36.4 Å². The van der Waals surface area contributed by atoms with Crippen molar-refractivity contribution in [3.8, 4) is 11.3 Å². The molecule has 0 radical (unpaired) electrons. The Balaban J connectivity index is 1.41. The Morgan fingerprint density at radius 1 is 0.857 bits per heavy atom. The maximum Gasteiger partial charge on any atom is 0.416 e. The molecule has 1 fully saturated rings. The number of benzene rings is 3. The number of para-hydroxylation sites is 1. The highest BCUT2D eigenvalue weighted by molar-refractivity contribution is 9.10. The monoisotopic (exact) mass is 539 g/mol. The smallest absolute Gasteiger partial charge is 0.368 e. The Morgan fingerprint density at radius 2 is 1.60 bits per heavy atom. The summed E-state index contributed by atoms with van der Waals surface area (Å²) in [5.74, 6) is -0.108. The van der Waals surface area contributed by atoms with E-state index < -0.39 is 11.7 Å². The van der Waals surface area contributed by atoms with Gasteiger partial charge in [0.1, 0.15) is 0 Å². The number of hydrogen-bond acceptors (Lipinski definition) is 3.